The van der Waals surface area contributed by atoms with Crippen LogP contribution in [0, 0.1) is 0 Å². The highest BCUT2D eigenvalue weighted by Crippen LogP contribution is 2.36. The Kier molecular flexibility index (Phi) is 5.36. The molecule has 3 N–H and O–H groups in total. The summed E-state index contributed by atoms with van der Waals surface area (Å²) in [7, 11) is 1.33. The molecule has 0 radical (unpaired) electrons. The van der Waals surface area contributed by atoms with Gasteiger partial charge in [0.2, 0.25) is 0 Å². The second-order valence-corrected chi connectivity index (χ2v) is 5.17. The Morgan fingerprint density at radius 1 is 1.32 bits per heavy atom. The number of hydrogen-bond acceptors (Lipinski definition) is 6. The Labute approximate surface area is 127 Å². The molecule has 0 bridgehead atoms. The van der Waals surface area contributed by atoms with Crippen molar-refractivity contribution in [2.75, 3.05) is 13.7 Å². The molecule has 1 aromatic rings. The lowest BCUT2D eigenvalue weighted by Crippen LogP contribution is -2.65. The maximum Gasteiger partial charge on any atom is 0.180 e. The number of ether oxygens (including phenoxy) is 2. The topological polar surface area (TPSA) is 128 Å². The second kappa shape index (κ2) is 7.06. The van der Waals surface area contributed by atoms with E-state index >= 15 is 0 Å². The van der Waals surface area contributed by atoms with E-state index in [1.807, 2.05) is 30.3 Å². The van der Waals surface area contributed by atoms with Gasteiger partial charge in [-0.15, -0.1) is 0 Å². The summed E-state index contributed by atoms with van der Waals surface area (Å²) in [6, 6.07) is 9.11. The van der Waals surface area contributed by atoms with Crippen LogP contribution in [0.15, 0.2) is 35.4 Å². The number of nitrogens with zero attached hydrogens (tertiary/aromatic N) is 3. The van der Waals surface area contributed by atoms with E-state index in [1.165, 1.54) is 7.11 Å². The predicted molar refractivity (Wildman–Crippen MR) is 76.8 cm³/mol. The molecule has 0 saturated carbocycles. The fourth-order valence-electron chi connectivity index (χ4n) is 2.76. The van der Waals surface area contributed by atoms with Gasteiger partial charge in [0.25, 0.3) is 0 Å². The minimum Gasteiger partial charge on any atom is -0.394 e. The Morgan fingerprint density at radius 3 is 2.55 bits per heavy atom. The van der Waals surface area contributed by atoms with Crippen LogP contribution in [0.5, 0.6) is 0 Å². The molecule has 1 aliphatic heterocycles. The highest BCUT2D eigenvalue weighted by molar-refractivity contribution is 5.19. The summed E-state index contributed by atoms with van der Waals surface area (Å²) in [5.41, 5.74) is 8.15. The molecule has 8 heteroatoms. The molecule has 1 aromatic carbocycles. The molecule has 8 nitrogen and oxygen atoms in total. The van der Waals surface area contributed by atoms with E-state index in [9.17, 15) is 15.3 Å². The van der Waals surface area contributed by atoms with Gasteiger partial charge in [0.05, 0.1) is 6.61 Å². The summed E-state index contributed by atoms with van der Waals surface area (Å²) in [4.78, 5) is 2.80. The van der Waals surface area contributed by atoms with Crippen molar-refractivity contribution in [3.63, 3.8) is 0 Å². The van der Waals surface area contributed by atoms with E-state index in [0.717, 1.165) is 5.56 Å². The fourth-order valence-corrected chi connectivity index (χ4v) is 2.76. The van der Waals surface area contributed by atoms with Crippen LogP contribution in [0.1, 0.15) is 5.56 Å². The van der Waals surface area contributed by atoms with E-state index in [-0.39, 0.29) is 6.42 Å². The van der Waals surface area contributed by atoms with Crippen molar-refractivity contribution in [3.05, 3.63) is 46.3 Å². The number of benzene rings is 1. The quantitative estimate of drug-likeness (QED) is 0.411. The van der Waals surface area contributed by atoms with Gasteiger partial charge in [0.1, 0.15) is 24.4 Å². The summed E-state index contributed by atoms with van der Waals surface area (Å²) in [6.45, 7) is -0.522. The molecule has 22 heavy (non-hydrogen) atoms. The van der Waals surface area contributed by atoms with Crippen LogP contribution in [0.2, 0.25) is 0 Å². The lowest BCUT2D eigenvalue weighted by atomic mass is 9.87. The first kappa shape index (κ1) is 16.7. The summed E-state index contributed by atoms with van der Waals surface area (Å²) in [5.74, 6) is 0. The van der Waals surface area contributed by atoms with Crippen molar-refractivity contribution in [2.45, 2.75) is 36.6 Å². The Morgan fingerprint density at radius 2 is 2.00 bits per heavy atom. The van der Waals surface area contributed by atoms with Crippen molar-refractivity contribution < 1.29 is 24.8 Å². The highest BCUT2D eigenvalue weighted by atomic mass is 16.6. The van der Waals surface area contributed by atoms with Crippen molar-refractivity contribution in [2.24, 2.45) is 5.11 Å². The first-order valence-electron chi connectivity index (χ1n) is 6.85. The average Bonchev–Trinajstić information content (AvgIpc) is 2.52. The highest BCUT2D eigenvalue weighted by Gasteiger charge is 2.54. The molecule has 2 rings (SSSR count). The fraction of sp³-hybridized carbons (Fsp3) is 0.571. The molecular weight excluding hydrogens is 290 g/mol. The molecule has 1 saturated heterocycles. The molecular formula is C14H19N3O5. The SMILES string of the molecule is CO[C@@H]1[C@@H](O)[C@H](O)[C@@H](CO)O[C@@]1(Cc1ccccc1)N=[N+]=[N-]. The Hall–Kier alpha value is -1.67. The standard InChI is InChI=1S/C14H19N3O5/c1-21-13-12(20)11(19)10(8-18)22-14(13,16-17-15)7-9-5-3-2-4-6-9/h2-6,10-13,18-20H,7-8H2,1H3/t10-,11-,12+,13-,14-/m1/s1. The van der Waals surface area contributed by atoms with Crippen molar-refractivity contribution in [1.29, 1.82) is 0 Å². The summed E-state index contributed by atoms with van der Waals surface area (Å²) < 4.78 is 10.9. The number of aliphatic hydroxyl groups excluding tert-OH is 3. The summed E-state index contributed by atoms with van der Waals surface area (Å²) in [5, 5.41) is 33.2. The summed E-state index contributed by atoms with van der Waals surface area (Å²) in [6.07, 6.45) is -4.70. The minimum atomic E-state index is -1.56. The van der Waals surface area contributed by atoms with E-state index in [1.54, 1.807) is 0 Å². The lowest BCUT2D eigenvalue weighted by Gasteiger charge is -2.47. The van der Waals surface area contributed by atoms with Crippen molar-refractivity contribution >= 4 is 0 Å². The van der Waals surface area contributed by atoms with Gasteiger partial charge in [0.15, 0.2) is 5.72 Å². The van der Waals surface area contributed by atoms with Gasteiger partial charge >= 0.3 is 0 Å². The monoisotopic (exact) mass is 309 g/mol. The van der Waals surface area contributed by atoms with Crippen LogP contribution in [-0.4, -0.2) is 59.2 Å². The number of azide groups is 1. The number of rotatable bonds is 5. The third kappa shape index (κ3) is 3.07. The van der Waals surface area contributed by atoms with Crippen LogP contribution in [-0.2, 0) is 15.9 Å². The van der Waals surface area contributed by atoms with E-state index < -0.39 is 36.7 Å². The van der Waals surface area contributed by atoms with E-state index in [0.29, 0.717) is 0 Å². The smallest absolute Gasteiger partial charge is 0.180 e. The first-order valence-corrected chi connectivity index (χ1v) is 6.85. The number of methoxy groups -OCH3 is 1. The average molecular weight is 309 g/mol. The molecule has 5 atom stereocenters. The largest absolute Gasteiger partial charge is 0.394 e. The van der Waals surface area contributed by atoms with Gasteiger partial charge in [-0.2, -0.15) is 0 Å². The summed E-state index contributed by atoms with van der Waals surface area (Å²) >= 11 is 0. The third-order valence-electron chi connectivity index (χ3n) is 3.79. The molecule has 0 aromatic heterocycles. The van der Waals surface area contributed by atoms with Crippen LogP contribution < -0.4 is 0 Å². The second-order valence-electron chi connectivity index (χ2n) is 5.17. The zero-order valence-corrected chi connectivity index (χ0v) is 12.1. The minimum absolute atomic E-state index is 0.136. The van der Waals surface area contributed by atoms with Gasteiger partial charge in [-0.3, -0.25) is 0 Å². The molecule has 1 aliphatic rings. The van der Waals surface area contributed by atoms with Gasteiger partial charge in [-0.05, 0) is 11.1 Å². The molecule has 1 heterocycles. The third-order valence-corrected chi connectivity index (χ3v) is 3.79. The molecule has 120 valence electrons. The first-order chi connectivity index (χ1) is 10.6. The Balaban J connectivity index is 2.42. The van der Waals surface area contributed by atoms with Gasteiger partial charge in [-0.1, -0.05) is 35.4 Å². The number of hydrogen-bond donors (Lipinski definition) is 3. The van der Waals surface area contributed by atoms with E-state index in [2.05, 4.69) is 10.0 Å². The zero-order chi connectivity index (χ0) is 16.2. The molecule has 0 amide bonds. The van der Waals surface area contributed by atoms with Crippen molar-refractivity contribution in [3.8, 4) is 0 Å². The predicted octanol–water partition coefficient (Wildman–Crippen LogP) is 0.364. The van der Waals surface area contributed by atoms with Gasteiger partial charge in [-0.25, -0.2) is 0 Å². The maximum absolute atomic E-state index is 10.2. The van der Waals surface area contributed by atoms with Crippen LogP contribution in [0.4, 0.5) is 0 Å². The molecule has 0 aliphatic carbocycles. The lowest BCUT2D eigenvalue weighted by molar-refractivity contribution is -0.277. The Bertz CT molecular complexity index is 537. The molecule has 0 spiro atoms. The zero-order valence-electron chi connectivity index (χ0n) is 12.1. The van der Waals surface area contributed by atoms with E-state index in [4.69, 9.17) is 15.0 Å². The van der Waals surface area contributed by atoms with Gasteiger partial charge in [0, 0.05) is 18.4 Å². The van der Waals surface area contributed by atoms with Crippen LogP contribution in [0.25, 0.3) is 10.4 Å². The van der Waals surface area contributed by atoms with Crippen LogP contribution in [0.3, 0.4) is 0 Å². The van der Waals surface area contributed by atoms with Crippen LogP contribution >= 0.6 is 0 Å². The molecule has 1 fully saturated rings. The van der Waals surface area contributed by atoms with Crippen molar-refractivity contribution in [1.82, 2.24) is 0 Å². The molecule has 0 unspecified atom stereocenters. The number of aliphatic hydroxyl groups is 3. The van der Waals surface area contributed by atoms with Gasteiger partial charge < -0.3 is 24.8 Å². The maximum atomic E-state index is 10.2. The normalized spacial score (nSPS) is 34.9.